The van der Waals surface area contributed by atoms with E-state index in [2.05, 4.69) is 12.1 Å². The Morgan fingerprint density at radius 1 is 1.20 bits per heavy atom. The minimum atomic E-state index is 0.294. The van der Waals surface area contributed by atoms with Gasteiger partial charge in [0.2, 0.25) is 5.91 Å². The van der Waals surface area contributed by atoms with Crippen molar-refractivity contribution in [3.8, 4) is 0 Å². The molecule has 1 saturated heterocycles. The molecule has 2 rings (SSSR count). The molecule has 1 heterocycles. The first-order chi connectivity index (χ1) is 7.36. The van der Waals surface area contributed by atoms with Crippen molar-refractivity contribution in [3.05, 3.63) is 35.9 Å². The first-order valence-corrected chi connectivity index (χ1v) is 6.28. The van der Waals surface area contributed by atoms with Gasteiger partial charge in [0.05, 0.1) is 0 Å². The smallest absolute Gasteiger partial charge is 0.232 e. The fraction of sp³-hybridized carbons (Fsp3) is 0.417. The number of hydrogen-bond acceptors (Lipinski definition) is 2. The van der Waals surface area contributed by atoms with Gasteiger partial charge in [-0.05, 0) is 30.4 Å². The van der Waals surface area contributed by atoms with Crippen LogP contribution in [0.25, 0.3) is 0 Å². The molecule has 1 aromatic carbocycles. The molecule has 1 fully saturated rings. The first-order valence-electron chi connectivity index (χ1n) is 5.33. The van der Waals surface area contributed by atoms with Crippen LogP contribution in [0.4, 0.5) is 0 Å². The Morgan fingerprint density at radius 2 is 2.00 bits per heavy atom. The number of rotatable bonds is 3. The van der Waals surface area contributed by atoms with E-state index in [1.54, 1.807) is 11.9 Å². The van der Waals surface area contributed by atoms with Gasteiger partial charge in [-0.15, -0.1) is 0 Å². The van der Waals surface area contributed by atoms with Gasteiger partial charge in [0.25, 0.3) is 0 Å². The zero-order valence-corrected chi connectivity index (χ0v) is 9.50. The minimum absolute atomic E-state index is 0.294. The van der Waals surface area contributed by atoms with Crippen molar-refractivity contribution in [1.29, 1.82) is 0 Å². The van der Waals surface area contributed by atoms with Crippen LogP contribution in [0, 0.1) is 0 Å². The minimum Gasteiger partial charge on any atom is -0.286 e. The summed E-state index contributed by atoms with van der Waals surface area (Å²) < 4.78 is 1.91. The lowest BCUT2D eigenvalue weighted by atomic mass is 10.2. The van der Waals surface area contributed by atoms with Crippen LogP contribution in [0.3, 0.4) is 0 Å². The molecule has 15 heavy (non-hydrogen) atoms. The second-order valence-electron chi connectivity index (χ2n) is 3.71. The van der Waals surface area contributed by atoms with Crippen molar-refractivity contribution >= 4 is 17.9 Å². The monoisotopic (exact) mass is 221 g/mol. The van der Waals surface area contributed by atoms with Crippen molar-refractivity contribution < 1.29 is 4.79 Å². The molecule has 0 unspecified atom stereocenters. The van der Waals surface area contributed by atoms with E-state index < -0.39 is 0 Å². The van der Waals surface area contributed by atoms with E-state index in [1.807, 2.05) is 22.5 Å². The van der Waals surface area contributed by atoms with E-state index in [0.29, 0.717) is 5.91 Å². The molecule has 80 valence electrons. The Hall–Kier alpha value is -0.960. The first kappa shape index (κ1) is 10.6. The predicted molar refractivity (Wildman–Crippen MR) is 63.3 cm³/mol. The van der Waals surface area contributed by atoms with Gasteiger partial charge in [0.1, 0.15) is 0 Å². The second-order valence-corrected chi connectivity index (χ2v) is 4.70. The Kier molecular flexibility index (Phi) is 3.67. The molecule has 2 nitrogen and oxygen atoms in total. The Bertz CT molecular complexity index is 326. The molecule has 0 N–H and O–H groups in total. The summed E-state index contributed by atoms with van der Waals surface area (Å²) in [5.74, 6) is 1.19. The maximum Gasteiger partial charge on any atom is 0.232 e. The molecular formula is C12H15NOS. The highest BCUT2D eigenvalue weighted by atomic mass is 32.2. The molecule has 0 atom stereocenters. The van der Waals surface area contributed by atoms with Crippen LogP contribution in [-0.2, 0) is 10.5 Å². The number of hydrogen-bond donors (Lipinski definition) is 0. The van der Waals surface area contributed by atoms with Gasteiger partial charge >= 0.3 is 0 Å². The lowest BCUT2D eigenvalue weighted by Crippen LogP contribution is -2.29. The second kappa shape index (κ2) is 5.21. The van der Waals surface area contributed by atoms with E-state index >= 15 is 0 Å². The lowest BCUT2D eigenvalue weighted by molar-refractivity contribution is -0.127. The summed E-state index contributed by atoms with van der Waals surface area (Å²) in [6.45, 7) is 0.913. The number of nitrogens with zero attached hydrogens (tertiary/aromatic N) is 1. The van der Waals surface area contributed by atoms with Gasteiger partial charge in [0, 0.05) is 18.7 Å². The summed E-state index contributed by atoms with van der Waals surface area (Å²) in [5, 5.41) is 0. The summed E-state index contributed by atoms with van der Waals surface area (Å²) in [7, 11) is 0. The van der Waals surface area contributed by atoms with Crippen LogP contribution in [-0.4, -0.2) is 16.8 Å². The van der Waals surface area contributed by atoms with Gasteiger partial charge in [-0.2, -0.15) is 0 Å². The molecule has 3 heteroatoms. The van der Waals surface area contributed by atoms with Crippen molar-refractivity contribution in [3.63, 3.8) is 0 Å². The van der Waals surface area contributed by atoms with Gasteiger partial charge in [-0.3, -0.25) is 9.10 Å². The van der Waals surface area contributed by atoms with Gasteiger partial charge < -0.3 is 0 Å². The highest BCUT2D eigenvalue weighted by Gasteiger charge is 2.18. The van der Waals surface area contributed by atoms with Gasteiger partial charge in [-0.25, -0.2) is 0 Å². The number of benzene rings is 1. The SMILES string of the molecule is O=C1CCCCN1SCc1ccccc1. The molecule has 0 bridgehead atoms. The van der Waals surface area contributed by atoms with E-state index in [-0.39, 0.29) is 0 Å². The summed E-state index contributed by atoms with van der Waals surface area (Å²) in [6.07, 6.45) is 2.93. The van der Waals surface area contributed by atoms with Crippen molar-refractivity contribution in [2.45, 2.75) is 25.0 Å². The highest BCUT2D eigenvalue weighted by molar-refractivity contribution is 7.96. The third-order valence-corrected chi connectivity index (χ3v) is 3.67. The lowest BCUT2D eigenvalue weighted by Gasteiger charge is -2.25. The predicted octanol–water partition coefficient (Wildman–Crippen LogP) is 2.85. The zero-order valence-electron chi connectivity index (χ0n) is 8.69. The van der Waals surface area contributed by atoms with Crippen molar-refractivity contribution in [2.24, 2.45) is 0 Å². The molecule has 0 radical (unpaired) electrons. The summed E-state index contributed by atoms with van der Waals surface area (Å²) >= 11 is 1.64. The van der Waals surface area contributed by atoms with Gasteiger partial charge in [0.15, 0.2) is 0 Å². The van der Waals surface area contributed by atoms with Crippen LogP contribution >= 0.6 is 11.9 Å². The number of carbonyl (C=O) groups is 1. The third kappa shape index (κ3) is 2.99. The molecular weight excluding hydrogens is 206 g/mol. The maximum atomic E-state index is 11.5. The van der Waals surface area contributed by atoms with Crippen molar-refractivity contribution in [1.82, 2.24) is 4.31 Å². The molecule has 0 spiro atoms. The van der Waals surface area contributed by atoms with Crippen LogP contribution in [0.2, 0.25) is 0 Å². The maximum absolute atomic E-state index is 11.5. The quantitative estimate of drug-likeness (QED) is 0.731. The molecule has 1 amide bonds. The summed E-state index contributed by atoms with van der Waals surface area (Å²) in [4.78, 5) is 11.5. The number of carbonyl (C=O) groups excluding carboxylic acids is 1. The Morgan fingerprint density at radius 3 is 2.73 bits per heavy atom. The van der Waals surface area contributed by atoms with Crippen LogP contribution in [0.5, 0.6) is 0 Å². The van der Waals surface area contributed by atoms with Crippen LogP contribution in [0.15, 0.2) is 30.3 Å². The molecule has 1 aliphatic rings. The molecule has 0 aliphatic carbocycles. The number of amides is 1. The van der Waals surface area contributed by atoms with Crippen molar-refractivity contribution in [2.75, 3.05) is 6.54 Å². The average Bonchev–Trinajstić information content (AvgIpc) is 2.29. The number of piperidine rings is 1. The normalized spacial score (nSPS) is 16.8. The Labute approximate surface area is 94.8 Å². The zero-order chi connectivity index (χ0) is 10.5. The summed E-state index contributed by atoms with van der Waals surface area (Å²) in [6, 6.07) is 10.3. The largest absolute Gasteiger partial charge is 0.286 e. The van der Waals surface area contributed by atoms with Crippen LogP contribution in [0.1, 0.15) is 24.8 Å². The molecule has 1 aromatic rings. The van der Waals surface area contributed by atoms with Crippen LogP contribution < -0.4 is 0 Å². The topological polar surface area (TPSA) is 20.3 Å². The van der Waals surface area contributed by atoms with Gasteiger partial charge in [-0.1, -0.05) is 30.3 Å². The Balaban J connectivity index is 1.85. The molecule has 1 aliphatic heterocycles. The van der Waals surface area contributed by atoms with E-state index in [9.17, 15) is 4.79 Å². The highest BCUT2D eigenvalue weighted by Crippen LogP contribution is 2.22. The van der Waals surface area contributed by atoms with E-state index in [4.69, 9.17) is 0 Å². The fourth-order valence-corrected chi connectivity index (χ4v) is 2.64. The standard InChI is InChI=1S/C12H15NOS/c14-12-8-4-5-9-13(12)15-10-11-6-2-1-3-7-11/h1-3,6-7H,4-5,8-10H2. The molecule has 0 aromatic heterocycles. The third-order valence-electron chi connectivity index (χ3n) is 2.51. The molecule has 0 saturated carbocycles. The average molecular weight is 221 g/mol. The summed E-state index contributed by atoms with van der Waals surface area (Å²) in [5.41, 5.74) is 1.28. The van der Waals surface area contributed by atoms with E-state index in [0.717, 1.165) is 31.6 Å². The fourth-order valence-electron chi connectivity index (χ4n) is 1.64. The van der Waals surface area contributed by atoms with E-state index in [1.165, 1.54) is 5.56 Å².